The monoisotopic (exact) mass is 564 g/mol. The molecule has 8 heteroatoms. The summed E-state index contributed by atoms with van der Waals surface area (Å²) in [5, 5.41) is 15.3. The van der Waals surface area contributed by atoms with Crippen molar-refractivity contribution in [3.8, 4) is 22.4 Å². The van der Waals surface area contributed by atoms with Crippen molar-refractivity contribution in [2.45, 2.75) is 62.8 Å². The Kier molecular flexibility index (Phi) is 10.7. The first-order valence-corrected chi connectivity index (χ1v) is 15.5. The Labute approximate surface area is 241 Å². The number of aliphatic carboxylic acids is 1. The molecule has 0 amide bonds. The van der Waals surface area contributed by atoms with Gasteiger partial charge in [-0.25, -0.2) is 4.79 Å². The lowest BCUT2D eigenvalue weighted by Crippen LogP contribution is -2.24. The third-order valence-electron chi connectivity index (χ3n) is 7.76. The largest absolute Gasteiger partial charge is 0.480 e. The predicted octanol–water partition coefficient (Wildman–Crippen LogP) is 6.76. The molecule has 0 radical (unpaired) electrons. The number of rotatable bonds is 13. The van der Waals surface area contributed by atoms with Crippen LogP contribution in [0.2, 0.25) is 0 Å². The van der Waals surface area contributed by atoms with E-state index in [4.69, 9.17) is 24.4 Å². The van der Waals surface area contributed by atoms with Crippen LogP contribution in [0.5, 0.6) is 0 Å². The molecule has 2 heterocycles. The van der Waals surface area contributed by atoms with Crippen molar-refractivity contribution in [1.82, 2.24) is 9.78 Å². The van der Waals surface area contributed by atoms with Crippen LogP contribution < -0.4 is 0 Å². The van der Waals surface area contributed by atoms with Gasteiger partial charge in [0.2, 0.25) is 0 Å². The molecule has 0 spiro atoms. The minimum atomic E-state index is -0.905. The van der Waals surface area contributed by atoms with Gasteiger partial charge in [-0.2, -0.15) is 5.10 Å². The van der Waals surface area contributed by atoms with Gasteiger partial charge in [0.15, 0.2) is 6.29 Å². The van der Waals surface area contributed by atoms with Crippen molar-refractivity contribution in [3.05, 3.63) is 60.7 Å². The van der Waals surface area contributed by atoms with Gasteiger partial charge < -0.3 is 19.3 Å². The number of hydrogen-bond acceptors (Lipinski definition) is 6. The summed E-state index contributed by atoms with van der Waals surface area (Å²) in [6.45, 7) is 2.61. The van der Waals surface area contributed by atoms with E-state index >= 15 is 0 Å². The van der Waals surface area contributed by atoms with Gasteiger partial charge in [0, 0.05) is 30.0 Å². The maximum absolute atomic E-state index is 10.8. The van der Waals surface area contributed by atoms with Crippen molar-refractivity contribution >= 4 is 17.7 Å². The summed E-state index contributed by atoms with van der Waals surface area (Å²) in [4.78, 5) is 10.8. The summed E-state index contributed by atoms with van der Waals surface area (Å²) in [5.41, 5.74) is 4.49. The standard InChI is InChI=1S/C32H40N2O5S/c35-28(36)23-37-22-25-16-14-24(15-17-25)21-34-32(40-20-19-39-29-13-7-8-18-38-29)30(26-9-3-1-4-10-26)31(33-34)27-11-5-2-6-12-27/h1-6,9-12,24-25,29H,7-8,13-23H2,(H,35,36)/t24-,25-,29?. The summed E-state index contributed by atoms with van der Waals surface area (Å²) in [7, 11) is 0. The molecule has 0 bridgehead atoms. The van der Waals surface area contributed by atoms with Crippen LogP contribution >= 0.6 is 11.8 Å². The highest BCUT2D eigenvalue weighted by molar-refractivity contribution is 7.99. The molecule has 40 heavy (non-hydrogen) atoms. The average Bonchev–Trinajstić information content (AvgIpc) is 3.35. The Hall–Kier alpha value is -2.65. The molecule has 1 unspecified atom stereocenters. The number of thioether (sulfide) groups is 1. The third kappa shape index (κ3) is 7.97. The fourth-order valence-electron chi connectivity index (χ4n) is 5.68. The second-order valence-electron chi connectivity index (χ2n) is 10.8. The topological polar surface area (TPSA) is 82.8 Å². The first kappa shape index (κ1) is 28.9. The number of ether oxygens (including phenoxy) is 3. The van der Waals surface area contributed by atoms with Crippen LogP contribution in [-0.4, -0.2) is 59.3 Å². The molecule has 1 aliphatic carbocycles. The van der Waals surface area contributed by atoms with Crippen LogP contribution in [0, 0.1) is 11.8 Å². The van der Waals surface area contributed by atoms with E-state index in [1.807, 2.05) is 17.8 Å². The summed E-state index contributed by atoms with van der Waals surface area (Å²) in [6.07, 6.45) is 7.47. The number of carbonyl (C=O) groups is 1. The van der Waals surface area contributed by atoms with Crippen molar-refractivity contribution < 1.29 is 24.1 Å². The highest BCUT2D eigenvalue weighted by Crippen LogP contribution is 2.41. The number of aromatic nitrogens is 2. The van der Waals surface area contributed by atoms with Gasteiger partial charge in [-0.3, -0.25) is 4.68 Å². The lowest BCUT2D eigenvalue weighted by atomic mass is 9.82. The number of carboxylic acids is 1. The van der Waals surface area contributed by atoms with E-state index in [-0.39, 0.29) is 12.9 Å². The second-order valence-corrected chi connectivity index (χ2v) is 11.8. The zero-order chi connectivity index (χ0) is 27.6. The third-order valence-corrected chi connectivity index (χ3v) is 8.81. The van der Waals surface area contributed by atoms with Gasteiger partial charge in [-0.05, 0) is 62.3 Å². The van der Waals surface area contributed by atoms with Crippen LogP contribution in [0.4, 0.5) is 0 Å². The minimum absolute atomic E-state index is 0.0811. The molecule has 214 valence electrons. The Balaban J connectivity index is 1.34. The van der Waals surface area contributed by atoms with E-state index in [9.17, 15) is 4.79 Å². The fraction of sp³-hybridized carbons (Fsp3) is 0.500. The number of benzene rings is 2. The molecular weight excluding hydrogens is 524 g/mol. The highest BCUT2D eigenvalue weighted by atomic mass is 32.2. The van der Waals surface area contributed by atoms with Crippen LogP contribution in [0.15, 0.2) is 65.7 Å². The van der Waals surface area contributed by atoms with E-state index in [1.54, 1.807) is 0 Å². The molecule has 1 atom stereocenters. The minimum Gasteiger partial charge on any atom is -0.480 e. The summed E-state index contributed by atoms with van der Waals surface area (Å²) in [5.74, 6) is 0.875. The van der Waals surface area contributed by atoms with E-state index in [0.717, 1.165) is 75.1 Å². The van der Waals surface area contributed by atoms with Gasteiger partial charge in [-0.1, -0.05) is 60.7 Å². The van der Waals surface area contributed by atoms with Crippen molar-refractivity contribution in [2.24, 2.45) is 11.8 Å². The smallest absolute Gasteiger partial charge is 0.329 e. The van der Waals surface area contributed by atoms with Gasteiger partial charge in [-0.15, -0.1) is 11.8 Å². The highest BCUT2D eigenvalue weighted by Gasteiger charge is 2.26. The number of nitrogens with zero attached hydrogens (tertiary/aromatic N) is 2. The molecule has 1 N–H and O–H groups in total. The quantitative estimate of drug-likeness (QED) is 0.181. The Bertz CT molecular complexity index is 1190. The molecular formula is C32H40N2O5S. The lowest BCUT2D eigenvalue weighted by Gasteiger charge is -2.28. The van der Waals surface area contributed by atoms with Gasteiger partial charge >= 0.3 is 5.97 Å². The van der Waals surface area contributed by atoms with E-state index in [1.165, 1.54) is 16.2 Å². The van der Waals surface area contributed by atoms with Gasteiger partial charge in [0.05, 0.1) is 13.2 Å². The fourth-order valence-corrected chi connectivity index (χ4v) is 6.67. The number of hydrogen-bond donors (Lipinski definition) is 1. The van der Waals surface area contributed by atoms with Crippen molar-refractivity contribution in [3.63, 3.8) is 0 Å². The van der Waals surface area contributed by atoms with Crippen LogP contribution in [0.1, 0.15) is 44.9 Å². The molecule has 2 aliphatic rings. The first-order chi connectivity index (χ1) is 19.7. The molecule has 1 saturated heterocycles. The molecule has 5 rings (SSSR count). The van der Waals surface area contributed by atoms with Crippen molar-refractivity contribution in [1.29, 1.82) is 0 Å². The van der Waals surface area contributed by atoms with Crippen LogP contribution in [0.25, 0.3) is 22.4 Å². The summed E-state index contributed by atoms with van der Waals surface area (Å²) >= 11 is 1.82. The Morgan fingerprint density at radius 1 is 0.950 bits per heavy atom. The Morgan fingerprint density at radius 2 is 1.65 bits per heavy atom. The first-order valence-electron chi connectivity index (χ1n) is 14.5. The number of carboxylic acid groups (broad SMARTS) is 1. The van der Waals surface area contributed by atoms with E-state index < -0.39 is 5.97 Å². The Morgan fingerprint density at radius 3 is 2.33 bits per heavy atom. The van der Waals surface area contributed by atoms with Crippen molar-refractivity contribution in [2.75, 3.05) is 32.2 Å². The molecule has 1 aliphatic heterocycles. The lowest BCUT2D eigenvalue weighted by molar-refractivity contribution is -0.158. The summed E-state index contributed by atoms with van der Waals surface area (Å²) < 4.78 is 19.5. The molecule has 3 aromatic rings. The van der Waals surface area contributed by atoms with Crippen LogP contribution in [-0.2, 0) is 25.5 Å². The normalized spacial score (nSPS) is 21.4. The van der Waals surface area contributed by atoms with Crippen LogP contribution in [0.3, 0.4) is 0 Å². The predicted molar refractivity (Wildman–Crippen MR) is 157 cm³/mol. The average molecular weight is 565 g/mol. The molecule has 1 saturated carbocycles. The maximum Gasteiger partial charge on any atom is 0.329 e. The molecule has 7 nitrogen and oxygen atoms in total. The zero-order valence-electron chi connectivity index (χ0n) is 23.1. The van der Waals surface area contributed by atoms with E-state index in [0.29, 0.717) is 25.0 Å². The molecule has 2 fully saturated rings. The molecule has 2 aromatic carbocycles. The maximum atomic E-state index is 10.8. The van der Waals surface area contributed by atoms with Gasteiger partial charge in [0.25, 0.3) is 0 Å². The molecule has 1 aromatic heterocycles. The summed E-state index contributed by atoms with van der Waals surface area (Å²) in [6, 6.07) is 21.0. The zero-order valence-corrected chi connectivity index (χ0v) is 23.9. The van der Waals surface area contributed by atoms with Gasteiger partial charge in [0.1, 0.15) is 17.3 Å². The SMILES string of the molecule is O=C(O)COC[C@H]1CC[C@H](Cn2nc(-c3ccccc3)c(-c3ccccc3)c2SCCOC2CCCCO2)CC1. The van der Waals surface area contributed by atoms with E-state index in [2.05, 4.69) is 59.3 Å². The second kappa shape index (κ2) is 14.8.